The van der Waals surface area contributed by atoms with E-state index in [9.17, 15) is 4.39 Å². The van der Waals surface area contributed by atoms with Gasteiger partial charge in [0.2, 0.25) is 0 Å². The molecule has 106 valence electrons. The molecular formula is C20H19F. The average molecular weight is 278 g/mol. The first-order chi connectivity index (χ1) is 10.2. The highest BCUT2D eigenvalue weighted by Gasteiger charge is 2.19. The molecule has 0 nitrogen and oxygen atoms in total. The zero-order valence-corrected chi connectivity index (χ0v) is 12.5. The summed E-state index contributed by atoms with van der Waals surface area (Å²) in [6, 6.07) is 12.3. The highest BCUT2D eigenvalue weighted by Crippen LogP contribution is 2.39. The lowest BCUT2D eigenvalue weighted by atomic mass is 9.80. The SMILES string of the molecule is Cc1c(F)ccc2c1ccc1c3c(ccc12)CCC[C@H]3C. The van der Waals surface area contributed by atoms with Crippen LogP contribution in [0.1, 0.15) is 42.4 Å². The van der Waals surface area contributed by atoms with Crippen molar-refractivity contribution in [3.8, 4) is 0 Å². The van der Waals surface area contributed by atoms with Crippen molar-refractivity contribution >= 4 is 21.5 Å². The number of aryl methyl sites for hydroxylation is 2. The number of rotatable bonds is 0. The van der Waals surface area contributed by atoms with E-state index in [1.807, 2.05) is 13.0 Å². The molecular weight excluding hydrogens is 259 g/mol. The van der Waals surface area contributed by atoms with Crippen LogP contribution >= 0.6 is 0 Å². The third kappa shape index (κ3) is 1.80. The van der Waals surface area contributed by atoms with Crippen LogP contribution < -0.4 is 0 Å². The third-order valence-electron chi connectivity index (χ3n) is 5.11. The minimum Gasteiger partial charge on any atom is -0.207 e. The Hall–Kier alpha value is -1.89. The molecule has 0 bridgehead atoms. The number of halogens is 1. The fourth-order valence-corrected chi connectivity index (χ4v) is 3.96. The summed E-state index contributed by atoms with van der Waals surface area (Å²) in [7, 11) is 0. The Morgan fingerprint density at radius 2 is 1.57 bits per heavy atom. The van der Waals surface area contributed by atoms with Crippen LogP contribution in [0.3, 0.4) is 0 Å². The summed E-state index contributed by atoms with van der Waals surface area (Å²) in [5, 5.41) is 4.83. The molecule has 0 amide bonds. The maximum atomic E-state index is 13.8. The van der Waals surface area contributed by atoms with Crippen LogP contribution in [0.15, 0.2) is 36.4 Å². The van der Waals surface area contributed by atoms with Gasteiger partial charge >= 0.3 is 0 Å². The van der Waals surface area contributed by atoms with Crippen LogP contribution in [0.25, 0.3) is 21.5 Å². The molecule has 3 aromatic rings. The first-order valence-electron chi connectivity index (χ1n) is 7.80. The molecule has 0 unspecified atom stereocenters. The number of hydrogen-bond acceptors (Lipinski definition) is 0. The molecule has 0 saturated heterocycles. The molecule has 0 radical (unpaired) electrons. The van der Waals surface area contributed by atoms with E-state index < -0.39 is 0 Å². The quantitative estimate of drug-likeness (QED) is 0.450. The molecule has 21 heavy (non-hydrogen) atoms. The monoisotopic (exact) mass is 278 g/mol. The van der Waals surface area contributed by atoms with E-state index in [1.165, 1.54) is 46.5 Å². The van der Waals surface area contributed by atoms with Gasteiger partial charge in [-0.15, -0.1) is 0 Å². The van der Waals surface area contributed by atoms with Gasteiger partial charge in [0.15, 0.2) is 0 Å². The maximum absolute atomic E-state index is 13.8. The summed E-state index contributed by atoms with van der Waals surface area (Å²) in [4.78, 5) is 0. The van der Waals surface area contributed by atoms with E-state index in [0.717, 1.165) is 10.9 Å². The highest BCUT2D eigenvalue weighted by atomic mass is 19.1. The van der Waals surface area contributed by atoms with Gasteiger partial charge in [-0.3, -0.25) is 0 Å². The Kier molecular flexibility index (Phi) is 2.78. The van der Waals surface area contributed by atoms with Gasteiger partial charge in [-0.25, -0.2) is 4.39 Å². The van der Waals surface area contributed by atoms with Crippen LogP contribution in [-0.4, -0.2) is 0 Å². The lowest BCUT2D eigenvalue weighted by molar-refractivity contribution is 0.595. The van der Waals surface area contributed by atoms with Gasteiger partial charge in [0.25, 0.3) is 0 Å². The maximum Gasteiger partial charge on any atom is 0.126 e. The number of benzene rings is 3. The van der Waals surface area contributed by atoms with E-state index in [4.69, 9.17) is 0 Å². The highest BCUT2D eigenvalue weighted by molar-refractivity contribution is 6.09. The first-order valence-corrected chi connectivity index (χ1v) is 7.80. The largest absolute Gasteiger partial charge is 0.207 e. The second-order valence-corrected chi connectivity index (χ2v) is 6.36. The predicted molar refractivity (Wildman–Crippen MR) is 87.5 cm³/mol. The molecule has 1 heteroatoms. The van der Waals surface area contributed by atoms with Gasteiger partial charge in [0, 0.05) is 0 Å². The Bertz CT molecular complexity index is 861. The lowest BCUT2D eigenvalue weighted by Gasteiger charge is -2.24. The van der Waals surface area contributed by atoms with E-state index in [-0.39, 0.29) is 5.82 Å². The zero-order chi connectivity index (χ0) is 14.6. The van der Waals surface area contributed by atoms with Crippen LogP contribution in [0.4, 0.5) is 4.39 Å². The zero-order valence-electron chi connectivity index (χ0n) is 12.5. The lowest BCUT2D eigenvalue weighted by Crippen LogP contribution is -2.07. The Labute approximate surface area is 124 Å². The van der Waals surface area contributed by atoms with Crippen molar-refractivity contribution in [3.63, 3.8) is 0 Å². The second kappa shape index (κ2) is 4.56. The van der Waals surface area contributed by atoms with Crippen molar-refractivity contribution in [1.82, 2.24) is 0 Å². The van der Waals surface area contributed by atoms with Crippen molar-refractivity contribution in [3.05, 3.63) is 58.9 Å². The second-order valence-electron chi connectivity index (χ2n) is 6.36. The predicted octanol–water partition coefficient (Wildman–Crippen LogP) is 5.88. The number of hydrogen-bond donors (Lipinski definition) is 0. The number of fused-ring (bicyclic) bond motifs is 5. The normalized spacial score (nSPS) is 18.1. The van der Waals surface area contributed by atoms with Gasteiger partial charge in [-0.2, -0.15) is 0 Å². The molecule has 0 aliphatic heterocycles. The molecule has 1 aliphatic carbocycles. The Morgan fingerprint density at radius 1 is 0.905 bits per heavy atom. The molecule has 1 atom stereocenters. The Morgan fingerprint density at radius 3 is 2.43 bits per heavy atom. The molecule has 0 aromatic heterocycles. The topological polar surface area (TPSA) is 0 Å². The summed E-state index contributed by atoms with van der Waals surface area (Å²) < 4.78 is 13.8. The average Bonchev–Trinajstić information content (AvgIpc) is 2.50. The smallest absolute Gasteiger partial charge is 0.126 e. The molecule has 4 rings (SSSR count). The van der Waals surface area contributed by atoms with Gasteiger partial charge in [-0.05, 0) is 76.4 Å². The fraction of sp³-hybridized carbons (Fsp3) is 0.300. The minimum absolute atomic E-state index is 0.117. The molecule has 1 aliphatic rings. The Balaban J connectivity index is 2.14. The van der Waals surface area contributed by atoms with E-state index in [1.54, 1.807) is 6.07 Å². The van der Waals surface area contributed by atoms with E-state index in [2.05, 4.69) is 31.2 Å². The van der Waals surface area contributed by atoms with Crippen molar-refractivity contribution in [2.24, 2.45) is 0 Å². The van der Waals surface area contributed by atoms with Gasteiger partial charge < -0.3 is 0 Å². The third-order valence-corrected chi connectivity index (χ3v) is 5.11. The van der Waals surface area contributed by atoms with Crippen molar-refractivity contribution < 1.29 is 4.39 Å². The van der Waals surface area contributed by atoms with Gasteiger partial charge in [-0.1, -0.05) is 37.3 Å². The summed E-state index contributed by atoms with van der Waals surface area (Å²) in [5.41, 5.74) is 3.77. The van der Waals surface area contributed by atoms with Crippen LogP contribution in [0, 0.1) is 12.7 Å². The van der Waals surface area contributed by atoms with Crippen LogP contribution in [0.5, 0.6) is 0 Å². The summed E-state index contributed by atoms with van der Waals surface area (Å²) in [6.07, 6.45) is 3.75. The first kappa shape index (κ1) is 12.8. The fourth-order valence-electron chi connectivity index (χ4n) is 3.96. The van der Waals surface area contributed by atoms with Crippen LogP contribution in [0.2, 0.25) is 0 Å². The molecule has 0 spiro atoms. The van der Waals surface area contributed by atoms with Crippen molar-refractivity contribution in [1.29, 1.82) is 0 Å². The van der Waals surface area contributed by atoms with E-state index >= 15 is 0 Å². The molecule has 0 fully saturated rings. The summed E-state index contributed by atoms with van der Waals surface area (Å²) in [6.45, 7) is 4.20. The van der Waals surface area contributed by atoms with Gasteiger partial charge in [0.05, 0.1) is 0 Å². The molecule has 0 N–H and O–H groups in total. The van der Waals surface area contributed by atoms with Crippen molar-refractivity contribution in [2.45, 2.75) is 39.0 Å². The summed E-state index contributed by atoms with van der Waals surface area (Å²) >= 11 is 0. The minimum atomic E-state index is -0.117. The molecule has 0 heterocycles. The summed E-state index contributed by atoms with van der Waals surface area (Å²) in [5.74, 6) is 0.504. The standard InChI is InChI=1S/C20H19F/c1-12-4-3-5-14-6-7-17-16-10-11-19(21)13(2)15(16)8-9-18(17)20(12)14/h6-12H,3-5H2,1-2H3/t12-/m1/s1. The van der Waals surface area contributed by atoms with Crippen molar-refractivity contribution in [2.75, 3.05) is 0 Å². The molecule has 3 aromatic carbocycles. The van der Waals surface area contributed by atoms with Crippen LogP contribution in [-0.2, 0) is 6.42 Å². The van der Waals surface area contributed by atoms with Gasteiger partial charge in [0.1, 0.15) is 5.82 Å². The van der Waals surface area contributed by atoms with E-state index in [0.29, 0.717) is 5.92 Å². The molecule has 0 saturated carbocycles.